The molecule has 0 aliphatic carbocycles. The average Bonchev–Trinajstić information content (AvgIpc) is 3.30. The molecular formula is C25H31N3O2. The van der Waals surface area contributed by atoms with Crippen molar-refractivity contribution in [2.75, 3.05) is 6.54 Å². The van der Waals surface area contributed by atoms with Gasteiger partial charge in [-0.2, -0.15) is 0 Å². The number of aromatic nitrogens is 2. The van der Waals surface area contributed by atoms with E-state index >= 15 is 0 Å². The number of carboxylic acid groups (broad SMARTS) is 1. The van der Waals surface area contributed by atoms with Gasteiger partial charge < -0.3 is 15.4 Å². The number of carboxylic acids is 1. The number of hydrogen-bond acceptors (Lipinski definition) is 3. The van der Waals surface area contributed by atoms with Crippen molar-refractivity contribution in [2.24, 2.45) is 0 Å². The number of aromatic amines is 1. The molecule has 1 unspecified atom stereocenters. The Hall–Kier alpha value is -2.92. The number of benzene rings is 2. The Balaban J connectivity index is 0.000000318. The number of nitrogens with one attached hydrogen (secondary N) is 2. The molecule has 1 aliphatic rings. The lowest BCUT2D eigenvalue weighted by Gasteiger charge is -2.21. The summed E-state index contributed by atoms with van der Waals surface area (Å²) in [6.07, 6.45) is 7.74. The molecule has 1 aromatic heterocycles. The Bertz CT molecular complexity index is 898. The monoisotopic (exact) mass is 405 g/mol. The first-order valence-corrected chi connectivity index (χ1v) is 10.8. The van der Waals surface area contributed by atoms with Gasteiger partial charge in [-0.25, -0.2) is 4.98 Å². The maximum Gasteiger partial charge on any atom is 0.303 e. The van der Waals surface area contributed by atoms with Crippen LogP contribution in [0.4, 0.5) is 0 Å². The number of hydrogen-bond donors (Lipinski definition) is 3. The van der Waals surface area contributed by atoms with Gasteiger partial charge in [0.25, 0.3) is 0 Å². The Labute approximate surface area is 178 Å². The molecule has 5 heteroatoms. The van der Waals surface area contributed by atoms with Crippen molar-refractivity contribution in [1.82, 2.24) is 15.3 Å². The molecule has 1 atom stereocenters. The molecule has 0 radical (unpaired) electrons. The zero-order valence-corrected chi connectivity index (χ0v) is 17.6. The third kappa shape index (κ3) is 6.29. The van der Waals surface area contributed by atoms with Crippen LogP contribution in [-0.4, -0.2) is 27.6 Å². The topological polar surface area (TPSA) is 78.0 Å². The molecule has 3 N–H and O–H groups in total. The maximum atomic E-state index is 9.76. The minimum absolute atomic E-state index is 0.316. The van der Waals surface area contributed by atoms with Crippen LogP contribution in [0.15, 0.2) is 60.8 Å². The van der Waals surface area contributed by atoms with Gasteiger partial charge in [0.1, 0.15) is 5.82 Å². The van der Waals surface area contributed by atoms with Crippen LogP contribution in [0.3, 0.4) is 0 Å². The summed E-state index contributed by atoms with van der Waals surface area (Å²) in [7, 11) is 0. The molecule has 0 amide bonds. The van der Waals surface area contributed by atoms with Gasteiger partial charge in [0, 0.05) is 6.42 Å². The van der Waals surface area contributed by atoms with E-state index in [0.717, 1.165) is 30.9 Å². The van der Waals surface area contributed by atoms with Crippen LogP contribution in [0.1, 0.15) is 57.3 Å². The Morgan fingerprint density at radius 2 is 1.73 bits per heavy atom. The lowest BCUT2D eigenvalue weighted by atomic mass is 10.0. The molecule has 0 saturated carbocycles. The summed E-state index contributed by atoms with van der Waals surface area (Å²) in [5.41, 5.74) is 4.75. The highest BCUT2D eigenvalue weighted by atomic mass is 16.4. The summed E-state index contributed by atoms with van der Waals surface area (Å²) in [6.45, 7) is 3.06. The number of rotatable bonds is 6. The fourth-order valence-corrected chi connectivity index (χ4v) is 3.55. The molecule has 5 nitrogen and oxygen atoms in total. The van der Waals surface area contributed by atoms with Crippen molar-refractivity contribution in [3.05, 3.63) is 66.6 Å². The van der Waals surface area contributed by atoms with E-state index in [2.05, 4.69) is 63.8 Å². The Kier molecular flexibility index (Phi) is 8.21. The molecule has 0 bridgehead atoms. The van der Waals surface area contributed by atoms with Crippen molar-refractivity contribution in [2.45, 2.75) is 51.5 Å². The first kappa shape index (κ1) is 21.8. The molecule has 158 valence electrons. The lowest BCUT2D eigenvalue weighted by molar-refractivity contribution is -0.137. The number of unbranched alkanes of at least 4 members (excludes halogenated alkanes) is 1. The Morgan fingerprint density at radius 3 is 2.33 bits per heavy atom. The van der Waals surface area contributed by atoms with Gasteiger partial charge in [0.05, 0.1) is 17.9 Å². The summed E-state index contributed by atoms with van der Waals surface area (Å²) >= 11 is 0. The van der Waals surface area contributed by atoms with Crippen LogP contribution in [0.25, 0.3) is 22.4 Å². The number of carbonyl (C=O) groups is 1. The van der Waals surface area contributed by atoms with Gasteiger partial charge in [-0.05, 0) is 42.5 Å². The number of imidazole rings is 1. The van der Waals surface area contributed by atoms with Crippen LogP contribution in [-0.2, 0) is 4.79 Å². The molecule has 2 heterocycles. The van der Waals surface area contributed by atoms with Crippen molar-refractivity contribution < 1.29 is 9.90 Å². The summed E-state index contributed by atoms with van der Waals surface area (Å²) in [6, 6.07) is 19.5. The summed E-state index contributed by atoms with van der Waals surface area (Å²) < 4.78 is 0. The zero-order chi connectivity index (χ0) is 21.2. The summed E-state index contributed by atoms with van der Waals surface area (Å²) in [4.78, 5) is 17.8. The first-order chi connectivity index (χ1) is 14.7. The molecule has 0 spiro atoms. The lowest BCUT2D eigenvalue weighted by Crippen LogP contribution is -2.27. The number of nitrogens with zero attached hydrogens (tertiary/aromatic N) is 1. The minimum atomic E-state index is -0.693. The fourth-order valence-electron chi connectivity index (χ4n) is 3.55. The largest absolute Gasteiger partial charge is 0.481 e. The predicted octanol–water partition coefficient (Wildman–Crippen LogP) is 5.82. The second-order valence-corrected chi connectivity index (χ2v) is 7.63. The molecule has 4 rings (SSSR count). The zero-order valence-electron chi connectivity index (χ0n) is 17.6. The standard InChI is InChI=1S/C20H21N3.C5H10O2/c1-2-6-15(7-3-1)16-9-11-17(12-10-16)19-14-22-20(23-19)18-8-4-5-13-21-18;1-2-3-4-5(6)7/h1-3,6-7,9-12,14,18,21H,4-5,8,13H2,(H,22,23);2-4H2,1H3,(H,6,7). The van der Waals surface area contributed by atoms with E-state index in [1.807, 2.05) is 19.2 Å². The van der Waals surface area contributed by atoms with Crippen molar-refractivity contribution in [3.63, 3.8) is 0 Å². The third-order valence-electron chi connectivity index (χ3n) is 5.28. The highest BCUT2D eigenvalue weighted by molar-refractivity contribution is 5.68. The van der Waals surface area contributed by atoms with E-state index in [-0.39, 0.29) is 0 Å². The van der Waals surface area contributed by atoms with E-state index in [4.69, 9.17) is 5.11 Å². The van der Waals surface area contributed by atoms with E-state index < -0.39 is 5.97 Å². The first-order valence-electron chi connectivity index (χ1n) is 10.8. The Morgan fingerprint density at radius 1 is 1.03 bits per heavy atom. The van der Waals surface area contributed by atoms with E-state index in [1.165, 1.54) is 36.0 Å². The van der Waals surface area contributed by atoms with Gasteiger partial charge in [0.15, 0.2) is 0 Å². The second kappa shape index (κ2) is 11.3. The molecule has 3 aromatic rings. The van der Waals surface area contributed by atoms with Crippen molar-refractivity contribution in [3.8, 4) is 22.4 Å². The van der Waals surface area contributed by atoms with E-state index in [1.54, 1.807) is 0 Å². The van der Waals surface area contributed by atoms with Crippen LogP contribution >= 0.6 is 0 Å². The highest BCUT2D eigenvalue weighted by Crippen LogP contribution is 2.26. The van der Waals surface area contributed by atoms with Gasteiger partial charge >= 0.3 is 5.97 Å². The fraction of sp³-hybridized carbons (Fsp3) is 0.360. The third-order valence-corrected chi connectivity index (χ3v) is 5.28. The van der Waals surface area contributed by atoms with Crippen LogP contribution in [0, 0.1) is 0 Å². The van der Waals surface area contributed by atoms with E-state index in [0.29, 0.717) is 12.5 Å². The molecular weight excluding hydrogens is 374 g/mol. The van der Waals surface area contributed by atoms with Gasteiger partial charge in [0.2, 0.25) is 0 Å². The molecule has 1 fully saturated rings. The minimum Gasteiger partial charge on any atom is -0.481 e. The highest BCUT2D eigenvalue weighted by Gasteiger charge is 2.17. The number of H-pyrrole nitrogens is 1. The quantitative estimate of drug-likeness (QED) is 0.483. The average molecular weight is 406 g/mol. The summed E-state index contributed by atoms with van der Waals surface area (Å²) in [5, 5.41) is 11.6. The maximum absolute atomic E-state index is 9.76. The normalized spacial score (nSPS) is 15.8. The number of aliphatic carboxylic acids is 1. The SMILES string of the molecule is CCCCC(=O)O.c1ccc(-c2ccc(-c3cnc(C4CCCCN4)[nH]3)cc2)cc1. The number of piperidine rings is 1. The predicted molar refractivity (Wildman–Crippen MR) is 121 cm³/mol. The smallest absolute Gasteiger partial charge is 0.303 e. The van der Waals surface area contributed by atoms with Gasteiger partial charge in [-0.1, -0.05) is 74.4 Å². The van der Waals surface area contributed by atoms with Crippen LogP contribution < -0.4 is 5.32 Å². The van der Waals surface area contributed by atoms with Gasteiger partial charge in [-0.15, -0.1) is 0 Å². The molecule has 1 saturated heterocycles. The van der Waals surface area contributed by atoms with Crippen LogP contribution in [0.5, 0.6) is 0 Å². The van der Waals surface area contributed by atoms with Crippen LogP contribution in [0.2, 0.25) is 0 Å². The second-order valence-electron chi connectivity index (χ2n) is 7.63. The van der Waals surface area contributed by atoms with E-state index in [9.17, 15) is 4.79 Å². The molecule has 1 aliphatic heterocycles. The molecule has 30 heavy (non-hydrogen) atoms. The van der Waals surface area contributed by atoms with Crippen molar-refractivity contribution >= 4 is 5.97 Å². The van der Waals surface area contributed by atoms with Gasteiger partial charge in [-0.3, -0.25) is 4.79 Å². The molecule has 2 aromatic carbocycles. The van der Waals surface area contributed by atoms with Crippen molar-refractivity contribution in [1.29, 1.82) is 0 Å². The summed E-state index contributed by atoms with van der Waals surface area (Å²) in [5.74, 6) is 0.369.